The van der Waals surface area contributed by atoms with Gasteiger partial charge in [0, 0.05) is 36.4 Å². The van der Waals surface area contributed by atoms with Gasteiger partial charge in [0.15, 0.2) is 0 Å². The van der Waals surface area contributed by atoms with E-state index in [2.05, 4.69) is 16.3 Å². The fraction of sp³-hybridized carbons (Fsp3) is 0.500. The van der Waals surface area contributed by atoms with Gasteiger partial charge in [0.05, 0.1) is 13.2 Å². The first-order chi connectivity index (χ1) is 9.13. The van der Waals surface area contributed by atoms with Crippen LogP contribution in [0.5, 0.6) is 0 Å². The van der Waals surface area contributed by atoms with E-state index in [0.717, 1.165) is 37.6 Å². The van der Waals surface area contributed by atoms with Gasteiger partial charge in [-0.2, -0.15) is 0 Å². The van der Waals surface area contributed by atoms with E-state index in [1.807, 2.05) is 19.1 Å². The number of piperazine rings is 1. The molecular formula is C14H19N3O2. The SMILES string of the molecule is Cc1ccc(N2C[C@H]3COC[C@@H](C2)N3)cc1C(N)=O. The van der Waals surface area contributed by atoms with E-state index in [1.54, 1.807) is 0 Å². The second-order valence-corrected chi connectivity index (χ2v) is 5.37. The predicted octanol–water partition coefficient (Wildman–Crippen LogP) is 0.271. The van der Waals surface area contributed by atoms with Crippen molar-refractivity contribution in [2.75, 3.05) is 31.2 Å². The number of carbonyl (C=O) groups excluding carboxylic acids is 1. The number of carbonyl (C=O) groups is 1. The largest absolute Gasteiger partial charge is 0.378 e. The third-order valence-electron chi connectivity index (χ3n) is 3.84. The smallest absolute Gasteiger partial charge is 0.249 e. The molecule has 0 saturated carbocycles. The summed E-state index contributed by atoms with van der Waals surface area (Å²) in [6, 6.07) is 6.66. The molecule has 2 saturated heterocycles. The molecule has 0 spiro atoms. The Hall–Kier alpha value is -1.59. The molecule has 0 radical (unpaired) electrons. The zero-order chi connectivity index (χ0) is 13.4. The minimum Gasteiger partial charge on any atom is -0.378 e. The Morgan fingerprint density at radius 1 is 1.37 bits per heavy atom. The molecule has 5 heteroatoms. The predicted molar refractivity (Wildman–Crippen MR) is 73.4 cm³/mol. The van der Waals surface area contributed by atoms with E-state index in [9.17, 15) is 4.79 Å². The van der Waals surface area contributed by atoms with Crippen molar-refractivity contribution in [3.05, 3.63) is 29.3 Å². The molecule has 2 fully saturated rings. The molecule has 1 aromatic rings. The average Bonchev–Trinajstić information content (AvgIpc) is 2.38. The summed E-state index contributed by atoms with van der Waals surface area (Å²) in [5.41, 5.74) is 8.02. The van der Waals surface area contributed by atoms with Gasteiger partial charge in [0.1, 0.15) is 0 Å². The number of aryl methyl sites for hydroxylation is 1. The van der Waals surface area contributed by atoms with Crippen LogP contribution in [-0.2, 0) is 4.74 Å². The molecule has 0 aromatic heterocycles. The Bertz CT molecular complexity index is 491. The first-order valence-electron chi connectivity index (χ1n) is 6.62. The van der Waals surface area contributed by atoms with Crippen LogP contribution in [0.3, 0.4) is 0 Å². The number of anilines is 1. The molecule has 5 nitrogen and oxygen atoms in total. The second kappa shape index (κ2) is 4.83. The number of hydrogen-bond acceptors (Lipinski definition) is 4. The van der Waals surface area contributed by atoms with Gasteiger partial charge < -0.3 is 20.7 Å². The molecule has 102 valence electrons. The maximum absolute atomic E-state index is 11.4. The highest BCUT2D eigenvalue weighted by Crippen LogP contribution is 2.22. The minimum atomic E-state index is -0.363. The van der Waals surface area contributed by atoms with E-state index in [1.165, 1.54) is 0 Å². The number of rotatable bonds is 2. The number of fused-ring (bicyclic) bond motifs is 2. The van der Waals surface area contributed by atoms with Gasteiger partial charge in [-0.15, -0.1) is 0 Å². The van der Waals surface area contributed by atoms with Crippen molar-refractivity contribution in [1.29, 1.82) is 0 Å². The molecule has 1 amide bonds. The third kappa shape index (κ3) is 2.43. The normalized spacial score (nSPS) is 26.3. The number of benzene rings is 1. The van der Waals surface area contributed by atoms with Crippen LogP contribution in [0.1, 0.15) is 15.9 Å². The number of ether oxygens (including phenoxy) is 1. The Labute approximate surface area is 112 Å². The first-order valence-corrected chi connectivity index (χ1v) is 6.62. The van der Waals surface area contributed by atoms with Crippen molar-refractivity contribution in [3.8, 4) is 0 Å². The van der Waals surface area contributed by atoms with Crippen LogP contribution in [0.4, 0.5) is 5.69 Å². The third-order valence-corrected chi connectivity index (χ3v) is 3.84. The number of primary amides is 1. The Kier molecular flexibility index (Phi) is 3.16. The molecule has 2 heterocycles. The average molecular weight is 261 g/mol. The molecule has 2 aliphatic heterocycles. The summed E-state index contributed by atoms with van der Waals surface area (Å²) >= 11 is 0. The van der Waals surface area contributed by atoms with Crippen molar-refractivity contribution < 1.29 is 9.53 Å². The monoisotopic (exact) mass is 261 g/mol. The fourth-order valence-electron chi connectivity index (χ4n) is 2.88. The number of nitrogens with one attached hydrogen (secondary N) is 1. The number of nitrogens with two attached hydrogens (primary N) is 1. The zero-order valence-corrected chi connectivity index (χ0v) is 11.1. The molecule has 19 heavy (non-hydrogen) atoms. The van der Waals surface area contributed by atoms with Crippen LogP contribution in [0.2, 0.25) is 0 Å². The van der Waals surface area contributed by atoms with E-state index in [0.29, 0.717) is 17.6 Å². The lowest BCUT2D eigenvalue weighted by Gasteiger charge is -2.43. The van der Waals surface area contributed by atoms with Crippen molar-refractivity contribution in [2.45, 2.75) is 19.0 Å². The minimum absolute atomic E-state index is 0.363. The fourth-order valence-corrected chi connectivity index (χ4v) is 2.88. The Balaban J connectivity index is 1.86. The highest BCUT2D eigenvalue weighted by molar-refractivity contribution is 5.95. The van der Waals surface area contributed by atoms with Crippen LogP contribution < -0.4 is 16.0 Å². The van der Waals surface area contributed by atoms with Crippen LogP contribution in [0, 0.1) is 6.92 Å². The summed E-state index contributed by atoms with van der Waals surface area (Å²) in [5, 5.41) is 3.54. The lowest BCUT2D eigenvalue weighted by molar-refractivity contribution is 0.0376. The molecule has 0 aliphatic carbocycles. The maximum Gasteiger partial charge on any atom is 0.249 e. The Morgan fingerprint density at radius 2 is 2.05 bits per heavy atom. The topological polar surface area (TPSA) is 67.6 Å². The Morgan fingerprint density at radius 3 is 2.68 bits per heavy atom. The van der Waals surface area contributed by atoms with Crippen LogP contribution in [0.15, 0.2) is 18.2 Å². The number of hydrogen-bond donors (Lipinski definition) is 2. The zero-order valence-electron chi connectivity index (χ0n) is 11.1. The van der Waals surface area contributed by atoms with Gasteiger partial charge in [-0.1, -0.05) is 6.07 Å². The van der Waals surface area contributed by atoms with E-state index in [4.69, 9.17) is 10.5 Å². The van der Waals surface area contributed by atoms with E-state index < -0.39 is 0 Å². The number of morpholine rings is 1. The van der Waals surface area contributed by atoms with E-state index >= 15 is 0 Å². The molecule has 2 atom stereocenters. The van der Waals surface area contributed by atoms with E-state index in [-0.39, 0.29) is 5.91 Å². The van der Waals surface area contributed by atoms with Crippen molar-refractivity contribution in [2.24, 2.45) is 5.73 Å². The van der Waals surface area contributed by atoms with Gasteiger partial charge >= 0.3 is 0 Å². The summed E-state index contributed by atoms with van der Waals surface area (Å²) in [6.07, 6.45) is 0. The summed E-state index contributed by atoms with van der Waals surface area (Å²) in [7, 11) is 0. The van der Waals surface area contributed by atoms with Gasteiger partial charge in [0.25, 0.3) is 0 Å². The van der Waals surface area contributed by atoms with Crippen LogP contribution >= 0.6 is 0 Å². The first kappa shape index (κ1) is 12.4. The lowest BCUT2D eigenvalue weighted by Crippen LogP contribution is -2.62. The van der Waals surface area contributed by atoms with Crippen LogP contribution in [0.25, 0.3) is 0 Å². The summed E-state index contributed by atoms with van der Waals surface area (Å²) in [5.74, 6) is -0.363. The van der Waals surface area contributed by atoms with Crippen molar-refractivity contribution >= 4 is 11.6 Å². The quantitative estimate of drug-likeness (QED) is 0.802. The molecule has 2 bridgehead atoms. The summed E-state index contributed by atoms with van der Waals surface area (Å²) in [4.78, 5) is 13.7. The summed E-state index contributed by atoms with van der Waals surface area (Å²) < 4.78 is 5.54. The van der Waals surface area contributed by atoms with Crippen molar-refractivity contribution in [3.63, 3.8) is 0 Å². The molecule has 0 unspecified atom stereocenters. The molecule has 1 aromatic carbocycles. The molecular weight excluding hydrogens is 242 g/mol. The molecule has 3 rings (SSSR count). The molecule has 3 N–H and O–H groups in total. The van der Waals surface area contributed by atoms with Gasteiger partial charge in [0.2, 0.25) is 5.91 Å². The van der Waals surface area contributed by atoms with Gasteiger partial charge in [-0.3, -0.25) is 4.79 Å². The number of nitrogens with zero attached hydrogens (tertiary/aromatic N) is 1. The molecule has 2 aliphatic rings. The lowest BCUT2D eigenvalue weighted by atomic mass is 10.0. The highest BCUT2D eigenvalue weighted by atomic mass is 16.5. The van der Waals surface area contributed by atoms with Crippen molar-refractivity contribution in [1.82, 2.24) is 5.32 Å². The maximum atomic E-state index is 11.4. The summed E-state index contributed by atoms with van der Waals surface area (Å²) in [6.45, 7) is 5.21. The highest BCUT2D eigenvalue weighted by Gasteiger charge is 2.30. The standard InChI is InChI=1S/C14H19N3O2/c1-9-2-3-12(4-13(9)14(15)18)17-5-10-7-19-8-11(6-17)16-10/h2-4,10-11,16H,5-8H2,1H3,(H2,15,18)/t10-,11+. The second-order valence-electron chi connectivity index (χ2n) is 5.37. The van der Waals surface area contributed by atoms with Gasteiger partial charge in [-0.25, -0.2) is 0 Å². The van der Waals surface area contributed by atoms with Gasteiger partial charge in [-0.05, 0) is 24.6 Å². The number of amides is 1. The van der Waals surface area contributed by atoms with Crippen LogP contribution in [-0.4, -0.2) is 44.3 Å².